The molecule has 1 unspecified atom stereocenters. The Morgan fingerprint density at radius 2 is 1.77 bits per heavy atom. The maximum atomic E-state index is 11.4. The molecule has 0 amide bonds. The van der Waals surface area contributed by atoms with Crippen molar-refractivity contribution in [2.75, 3.05) is 12.4 Å². The first-order valence-electron chi connectivity index (χ1n) is 8.37. The molecule has 0 bridgehead atoms. The summed E-state index contributed by atoms with van der Waals surface area (Å²) in [6.07, 6.45) is 1.12. The number of rotatable bonds is 6. The van der Waals surface area contributed by atoms with E-state index in [2.05, 4.69) is 41.0 Å². The molecule has 0 aliphatic carbocycles. The van der Waals surface area contributed by atoms with Gasteiger partial charge in [-0.1, -0.05) is 38.1 Å². The maximum absolute atomic E-state index is 11.4. The normalized spacial score (nSPS) is 12.0. The number of guanidine groups is 1. The summed E-state index contributed by atoms with van der Waals surface area (Å²) in [5.41, 5.74) is 9.65. The van der Waals surface area contributed by atoms with Crippen LogP contribution in [0.5, 0.6) is 0 Å². The molecule has 1 atom stereocenters. The quantitative estimate of drug-likeness (QED) is 0.283. The lowest BCUT2D eigenvalue weighted by atomic mass is 9.99. The lowest BCUT2D eigenvalue weighted by molar-refractivity contribution is 0.0600. The van der Waals surface area contributed by atoms with Crippen molar-refractivity contribution in [1.29, 1.82) is 0 Å². The van der Waals surface area contributed by atoms with Crippen molar-refractivity contribution in [3.8, 4) is 0 Å². The minimum absolute atomic E-state index is 0. The average Bonchev–Trinajstić information content (AvgIpc) is 2.66. The molecule has 0 radical (unpaired) electrons. The van der Waals surface area contributed by atoms with Gasteiger partial charge < -0.3 is 15.8 Å². The number of aliphatic imine (C=N–C) groups is 1. The summed E-state index contributed by atoms with van der Waals surface area (Å²) in [7, 11) is 1.36. The van der Waals surface area contributed by atoms with Gasteiger partial charge in [-0.15, -0.1) is 24.0 Å². The van der Waals surface area contributed by atoms with Crippen LogP contribution >= 0.6 is 24.0 Å². The van der Waals surface area contributed by atoms with Gasteiger partial charge in [0, 0.05) is 5.69 Å². The number of nitrogens with one attached hydrogen (secondary N) is 1. The van der Waals surface area contributed by atoms with E-state index in [-0.39, 0.29) is 29.9 Å². The Labute approximate surface area is 172 Å². The molecule has 0 saturated heterocycles. The van der Waals surface area contributed by atoms with E-state index in [0.717, 1.165) is 17.7 Å². The van der Waals surface area contributed by atoms with E-state index in [9.17, 15) is 4.79 Å². The van der Waals surface area contributed by atoms with Gasteiger partial charge in [0.2, 0.25) is 0 Å². The Morgan fingerprint density at radius 3 is 2.31 bits per heavy atom. The minimum atomic E-state index is -0.350. The number of carbonyl (C=O) groups is 1. The van der Waals surface area contributed by atoms with Gasteiger partial charge in [0.25, 0.3) is 0 Å². The summed E-state index contributed by atoms with van der Waals surface area (Å²) < 4.78 is 4.67. The summed E-state index contributed by atoms with van der Waals surface area (Å²) in [6.45, 7) is 4.83. The van der Waals surface area contributed by atoms with E-state index in [0.29, 0.717) is 24.0 Å². The van der Waals surface area contributed by atoms with Crippen molar-refractivity contribution in [3.05, 3.63) is 65.2 Å². The fourth-order valence-corrected chi connectivity index (χ4v) is 2.36. The van der Waals surface area contributed by atoms with Crippen LogP contribution in [-0.4, -0.2) is 19.0 Å². The van der Waals surface area contributed by atoms with Crippen LogP contribution in [-0.2, 0) is 11.3 Å². The average molecular weight is 467 g/mol. The monoisotopic (exact) mass is 467 g/mol. The summed E-state index contributed by atoms with van der Waals surface area (Å²) in [5, 5.41) is 3.09. The molecule has 2 aromatic rings. The van der Waals surface area contributed by atoms with Crippen molar-refractivity contribution in [2.24, 2.45) is 10.7 Å². The molecule has 140 valence electrons. The molecule has 0 spiro atoms. The van der Waals surface area contributed by atoms with E-state index in [4.69, 9.17) is 5.73 Å². The molecular weight excluding hydrogens is 441 g/mol. The van der Waals surface area contributed by atoms with E-state index >= 15 is 0 Å². The van der Waals surface area contributed by atoms with Crippen LogP contribution in [0, 0.1) is 0 Å². The van der Waals surface area contributed by atoms with E-state index in [1.165, 1.54) is 12.7 Å². The third-order valence-electron chi connectivity index (χ3n) is 4.17. The molecule has 26 heavy (non-hydrogen) atoms. The zero-order chi connectivity index (χ0) is 18.2. The van der Waals surface area contributed by atoms with Crippen LogP contribution in [0.2, 0.25) is 0 Å². The molecule has 0 aliphatic heterocycles. The summed E-state index contributed by atoms with van der Waals surface area (Å²) >= 11 is 0. The second-order valence-corrected chi connectivity index (χ2v) is 5.95. The van der Waals surface area contributed by atoms with Crippen LogP contribution in [0.25, 0.3) is 0 Å². The number of nitrogens with zero attached hydrogens (tertiary/aromatic N) is 1. The molecule has 0 saturated carbocycles. The number of anilines is 1. The predicted octanol–water partition coefficient (Wildman–Crippen LogP) is 4.53. The van der Waals surface area contributed by atoms with Crippen molar-refractivity contribution in [3.63, 3.8) is 0 Å². The number of benzene rings is 2. The third kappa shape index (κ3) is 6.33. The van der Waals surface area contributed by atoms with Crippen LogP contribution in [0.3, 0.4) is 0 Å². The Kier molecular flexibility index (Phi) is 9.12. The van der Waals surface area contributed by atoms with E-state index in [1.807, 2.05) is 24.3 Å². The number of hydrogen-bond donors (Lipinski definition) is 2. The fourth-order valence-electron chi connectivity index (χ4n) is 2.36. The highest BCUT2D eigenvalue weighted by Crippen LogP contribution is 2.20. The summed E-state index contributed by atoms with van der Waals surface area (Å²) in [6, 6.07) is 15.3. The molecule has 5 nitrogen and oxygen atoms in total. The van der Waals surface area contributed by atoms with Gasteiger partial charge >= 0.3 is 5.97 Å². The van der Waals surface area contributed by atoms with Crippen molar-refractivity contribution < 1.29 is 9.53 Å². The first-order chi connectivity index (χ1) is 12.0. The zero-order valence-corrected chi connectivity index (χ0v) is 17.7. The molecule has 0 aliphatic rings. The third-order valence-corrected chi connectivity index (χ3v) is 4.17. The van der Waals surface area contributed by atoms with Gasteiger partial charge in [-0.05, 0) is 47.7 Å². The number of hydrogen-bond acceptors (Lipinski definition) is 3. The lowest BCUT2D eigenvalue weighted by Gasteiger charge is -2.11. The Bertz CT molecular complexity index is 728. The number of esters is 1. The Balaban J connectivity index is 0.00000338. The highest BCUT2D eigenvalue weighted by atomic mass is 127. The molecule has 0 aromatic heterocycles. The highest BCUT2D eigenvalue weighted by molar-refractivity contribution is 14.0. The Hall–Kier alpha value is -2.09. The highest BCUT2D eigenvalue weighted by Gasteiger charge is 2.05. The smallest absolute Gasteiger partial charge is 0.337 e. The van der Waals surface area contributed by atoms with Gasteiger partial charge in [0.15, 0.2) is 5.96 Å². The second kappa shape index (κ2) is 10.8. The predicted molar refractivity (Wildman–Crippen MR) is 117 cm³/mol. The van der Waals surface area contributed by atoms with E-state index in [1.54, 1.807) is 12.1 Å². The maximum Gasteiger partial charge on any atom is 0.337 e. The molecule has 3 N–H and O–H groups in total. The lowest BCUT2D eigenvalue weighted by Crippen LogP contribution is -2.22. The van der Waals surface area contributed by atoms with Crippen LogP contribution in [0.1, 0.15) is 47.7 Å². The van der Waals surface area contributed by atoms with E-state index < -0.39 is 0 Å². The summed E-state index contributed by atoms with van der Waals surface area (Å²) in [5.74, 6) is 0.554. The fraction of sp³-hybridized carbons (Fsp3) is 0.300. The summed E-state index contributed by atoms with van der Waals surface area (Å²) in [4.78, 5) is 15.7. The largest absolute Gasteiger partial charge is 0.465 e. The van der Waals surface area contributed by atoms with Gasteiger partial charge in [-0.25, -0.2) is 9.79 Å². The molecule has 2 aromatic carbocycles. The number of ether oxygens (including phenoxy) is 1. The van der Waals surface area contributed by atoms with Gasteiger partial charge in [0.05, 0.1) is 19.2 Å². The number of halogens is 1. The van der Waals surface area contributed by atoms with Gasteiger partial charge in [-0.3, -0.25) is 0 Å². The Morgan fingerprint density at radius 1 is 1.15 bits per heavy atom. The van der Waals surface area contributed by atoms with Crippen LogP contribution in [0.15, 0.2) is 53.5 Å². The standard InChI is InChI=1S/C20H25N3O2.HI/c1-4-14(2)16-9-11-18(12-10-16)23-20(21)22-13-15-5-7-17(8-6-15)19(24)25-3;/h5-12,14H,4,13H2,1-3H3,(H3,21,22,23);1H. The minimum Gasteiger partial charge on any atom is -0.465 e. The van der Waals surface area contributed by atoms with Crippen LogP contribution < -0.4 is 11.1 Å². The topological polar surface area (TPSA) is 76.7 Å². The first kappa shape index (κ1) is 22.0. The SMILES string of the molecule is CCC(C)c1ccc(NC(N)=NCc2ccc(C(=O)OC)cc2)cc1.I. The number of nitrogens with two attached hydrogens (primary N) is 1. The number of methoxy groups -OCH3 is 1. The van der Waals surface area contributed by atoms with Crippen molar-refractivity contribution in [1.82, 2.24) is 0 Å². The van der Waals surface area contributed by atoms with Gasteiger partial charge in [0.1, 0.15) is 0 Å². The van der Waals surface area contributed by atoms with Crippen LogP contribution in [0.4, 0.5) is 5.69 Å². The molecule has 6 heteroatoms. The molecule has 2 rings (SSSR count). The van der Waals surface area contributed by atoms with Crippen molar-refractivity contribution >= 4 is 41.6 Å². The molecule has 0 heterocycles. The van der Waals surface area contributed by atoms with Gasteiger partial charge in [-0.2, -0.15) is 0 Å². The first-order valence-corrected chi connectivity index (χ1v) is 8.37. The molecule has 0 fully saturated rings. The second-order valence-electron chi connectivity index (χ2n) is 5.95. The zero-order valence-electron chi connectivity index (χ0n) is 15.4. The van der Waals surface area contributed by atoms with Crippen molar-refractivity contribution in [2.45, 2.75) is 32.7 Å². The number of carbonyl (C=O) groups excluding carboxylic acids is 1. The molecular formula is C20H26IN3O2.